The summed E-state index contributed by atoms with van der Waals surface area (Å²) in [6.45, 7) is 4.21. The number of aromatic amines is 1. The third-order valence-electron chi connectivity index (χ3n) is 5.75. The fourth-order valence-electron chi connectivity index (χ4n) is 4.04. The molecule has 0 saturated carbocycles. The zero-order chi connectivity index (χ0) is 23.8. The first kappa shape index (κ1) is 21.5. The highest BCUT2D eigenvalue weighted by Gasteiger charge is 2.21. The summed E-state index contributed by atoms with van der Waals surface area (Å²) in [6.07, 6.45) is 1.69. The average molecular weight is 453 g/mol. The van der Waals surface area contributed by atoms with Crippen LogP contribution in [0.25, 0.3) is 33.2 Å². The molecule has 0 spiro atoms. The number of aromatic nitrogens is 5. The van der Waals surface area contributed by atoms with Crippen LogP contribution in [0.15, 0.2) is 71.7 Å². The molecule has 0 radical (unpaired) electrons. The summed E-state index contributed by atoms with van der Waals surface area (Å²) < 4.78 is 1.82. The molecule has 8 heteroatoms. The quantitative estimate of drug-likeness (QED) is 0.431. The highest BCUT2D eigenvalue weighted by molar-refractivity contribution is 6.06. The van der Waals surface area contributed by atoms with Gasteiger partial charge >= 0.3 is 0 Å². The van der Waals surface area contributed by atoms with E-state index >= 15 is 0 Å². The number of carbonyl (C=O) groups is 1. The molecule has 0 aliphatic heterocycles. The Kier molecular flexibility index (Phi) is 5.41. The number of para-hydroxylation sites is 1. The summed E-state index contributed by atoms with van der Waals surface area (Å²) in [7, 11) is 1.69. The van der Waals surface area contributed by atoms with E-state index in [9.17, 15) is 9.59 Å². The van der Waals surface area contributed by atoms with Gasteiger partial charge in [0.05, 0.1) is 40.3 Å². The molecular weight excluding hydrogens is 428 g/mol. The van der Waals surface area contributed by atoms with E-state index < -0.39 is 0 Å². The van der Waals surface area contributed by atoms with E-state index in [4.69, 9.17) is 4.98 Å². The van der Waals surface area contributed by atoms with Gasteiger partial charge in [-0.3, -0.25) is 9.59 Å². The minimum absolute atomic E-state index is 0.0866. The second kappa shape index (κ2) is 8.55. The molecule has 2 aromatic carbocycles. The van der Waals surface area contributed by atoms with Crippen LogP contribution >= 0.6 is 0 Å². The van der Waals surface area contributed by atoms with Crippen LogP contribution in [0, 0.1) is 0 Å². The van der Waals surface area contributed by atoms with E-state index in [1.807, 2.05) is 54.9 Å². The summed E-state index contributed by atoms with van der Waals surface area (Å²) in [5.41, 5.74) is 3.14. The average Bonchev–Trinajstić information content (AvgIpc) is 3.28. The molecule has 0 saturated heterocycles. The molecule has 0 unspecified atom stereocenters. The first-order valence-corrected chi connectivity index (χ1v) is 11.1. The maximum atomic E-state index is 13.6. The zero-order valence-electron chi connectivity index (χ0n) is 19.2. The number of hydrogen-bond donors (Lipinski definition) is 1. The van der Waals surface area contributed by atoms with Crippen molar-refractivity contribution < 1.29 is 4.79 Å². The van der Waals surface area contributed by atoms with Crippen LogP contribution in [0.3, 0.4) is 0 Å². The van der Waals surface area contributed by atoms with Gasteiger partial charge in [0.1, 0.15) is 5.82 Å². The van der Waals surface area contributed by atoms with E-state index in [1.165, 1.54) is 0 Å². The molecule has 1 amide bonds. The Balaban J connectivity index is 1.56. The fraction of sp³-hybridized carbons (Fsp3) is 0.192. The summed E-state index contributed by atoms with van der Waals surface area (Å²) in [5, 5.41) is 5.69. The molecule has 170 valence electrons. The lowest BCUT2D eigenvalue weighted by Gasteiger charge is -2.18. The van der Waals surface area contributed by atoms with Crippen LogP contribution < -0.4 is 5.56 Å². The van der Waals surface area contributed by atoms with Gasteiger partial charge in [-0.2, -0.15) is 5.10 Å². The molecule has 0 atom stereocenters. The van der Waals surface area contributed by atoms with E-state index in [-0.39, 0.29) is 24.1 Å². The number of benzene rings is 2. The monoisotopic (exact) mass is 452 g/mol. The Bertz CT molecular complexity index is 1570. The molecule has 1 N–H and O–H groups in total. The number of nitrogens with zero attached hydrogens (tertiary/aromatic N) is 5. The molecule has 0 fully saturated rings. The standard InChI is InChI=1S/C26H24N6O2/c1-16(2)32-24-20(14-27-32)19(13-22(29-24)17-9-5-4-6-10-17)26(34)31(3)15-23-28-21-12-8-7-11-18(21)25(33)30-23/h4-14,16H,15H2,1-3H3,(H,28,30,33). The van der Waals surface area contributed by atoms with Crippen LogP contribution in [-0.4, -0.2) is 42.6 Å². The third kappa shape index (κ3) is 3.83. The van der Waals surface area contributed by atoms with Gasteiger partial charge in [0.25, 0.3) is 11.5 Å². The zero-order valence-corrected chi connectivity index (χ0v) is 19.2. The normalized spacial score (nSPS) is 11.4. The number of pyridine rings is 1. The van der Waals surface area contributed by atoms with Crippen molar-refractivity contribution in [2.45, 2.75) is 26.4 Å². The van der Waals surface area contributed by atoms with Crippen molar-refractivity contribution >= 4 is 27.8 Å². The lowest BCUT2D eigenvalue weighted by Crippen LogP contribution is -2.28. The number of rotatable bonds is 5. The Labute approximate surface area is 195 Å². The topological polar surface area (TPSA) is 96.8 Å². The van der Waals surface area contributed by atoms with Crippen molar-refractivity contribution in [1.82, 2.24) is 29.6 Å². The van der Waals surface area contributed by atoms with Gasteiger partial charge < -0.3 is 9.88 Å². The Morgan fingerprint density at radius 3 is 2.53 bits per heavy atom. The van der Waals surface area contributed by atoms with Crippen LogP contribution in [0.4, 0.5) is 0 Å². The number of nitrogens with one attached hydrogen (secondary N) is 1. The van der Waals surface area contributed by atoms with Gasteiger partial charge in [0.2, 0.25) is 0 Å². The van der Waals surface area contributed by atoms with Crippen molar-refractivity contribution in [3.05, 3.63) is 88.6 Å². The largest absolute Gasteiger partial charge is 0.334 e. The van der Waals surface area contributed by atoms with Gasteiger partial charge in [-0.05, 0) is 32.0 Å². The van der Waals surface area contributed by atoms with E-state index in [1.54, 1.807) is 42.4 Å². The Morgan fingerprint density at radius 2 is 1.76 bits per heavy atom. The first-order valence-electron chi connectivity index (χ1n) is 11.1. The number of fused-ring (bicyclic) bond motifs is 2. The van der Waals surface area contributed by atoms with Crippen molar-refractivity contribution in [2.75, 3.05) is 7.05 Å². The second-order valence-corrected chi connectivity index (χ2v) is 8.53. The molecule has 0 bridgehead atoms. The van der Waals surface area contributed by atoms with E-state index in [0.717, 1.165) is 5.56 Å². The number of amides is 1. The summed E-state index contributed by atoms with van der Waals surface area (Å²) >= 11 is 0. The molecule has 3 heterocycles. The van der Waals surface area contributed by atoms with Gasteiger partial charge in [-0.25, -0.2) is 14.6 Å². The van der Waals surface area contributed by atoms with E-state index in [2.05, 4.69) is 15.1 Å². The summed E-state index contributed by atoms with van der Waals surface area (Å²) in [6, 6.07) is 18.8. The minimum Gasteiger partial charge on any atom is -0.334 e. The molecule has 0 aliphatic rings. The van der Waals surface area contributed by atoms with Gasteiger partial charge in [0.15, 0.2) is 5.65 Å². The Hall–Kier alpha value is -4.33. The molecule has 8 nitrogen and oxygen atoms in total. The fourth-order valence-corrected chi connectivity index (χ4v) is 4.04. The van der Waals surface area contributed by atoms with Crippen molar-refractivity contribution in [2.24, 2.45) is 0 Å². The van der Waals surface area contributed by atoms with Crippen LogP contribution in [0.1, 0.15) is 36.1 Å². The predicted octanol–water partition coefficient (Wildman–Crippen LogP) is 4.19. The van der Waals surface area contributed by atoms with Crippen molar-refractivity contribution in [3.63, 3.8) is 0 Å². The summed E-state index contributed by atoms with van der Waals surface area (Å²) in [5.74, 6) is 0.217. The predicted molar refractivity (Wildman–Crippen MR) is 132 cm³/mol. The molecule has 5 aromatic rings. The minimum atomic E-state index is -0.225. The lowest BCUT2D eigenvalue weighted by atomic mass is 10.1. The van der Waals surface area contributed by atoms with E-state index in [0.29, 0.717) is 39.0 Å². The lowest BCUT2D eigenvalue weighted by molar-refractivity contribution is 0.0783. The molecular formula is C26H24N6O2. The third-order valence-corrected chi connectivity index (χ3v) is 5.75. The maximum absolute atomic E-state index is 13.6. The van der Waals surface area contributed by atoms with Gasteiger partial charge in [-0.1, -0.05) is 42.5 Å². The van der Waals surface area contributed by atoms with Crippen molar-refractivity contribution in [1.29, 1.82) is 0 Å². The highest BCUT2D eigenvalue weighted by atomic mass is 16.2. The smallest absolute Gasteiger partial charge is 0.258 e. The van der Waals surface area contributed by atoms with Crippen molar-refractivity contribution in [3.8, 4) is 11.3 Å². The highest BCUT2D eigenvalue weighted by Crippen LogP contribution is 2.27. The number of carbonyl (C=O) groups excluding carboxylic acids is 1. The SMILES string of the molecule is CC(C)n1ncc2c(C(=O)N(C)Cc3nc4ccccc4c(=O)[nH]3)cc(-c3ccccc3)nc21. The molecule has 5 rings (SSSR count). The molecule has 0 aliphatic carbocycles. The van der Waals surface area contributed by atoms with Crippen LogP contribution in [0.5, 0.6) is 0 Å². The Morgan fingerprint density at radius 1 is 1.03 bits per heavy atom. The van der Waals surface area contributed by atoms with Crippen LogP contribution in [-0.2, 0) is 6.54 Å². The summed E-state index contributed by atoms with van der Waals surface area (Å²) in [4.78, 5) is 39.8. The molecule has 3 aromatic heterocycles. The number of hydrogen-bond acceptors (Lipinski definition) is 5. The molecule has 34 heavy (non-hydrogen) atoms. The number of H-pyrrole nitrogens is 1. The second-order valence-electron chi connectivity index (χ2n) is 8.53. The first-order chi connectivity index (χ1) is 16.4. The van der Waals surface area contributed by atoms with Gasteiger partial charge in [-0.15, -0.1) is 0 Å². The maximum Gasteiger partial charge on any atom is 0.258 e. The van der Waals surface area contributed by atoms with Crippen LogP contribution in [0.2, 0.25) is 0 Å². The van der Waals surface area contributed by atoms with Gasteiger partial charge in [0, 0.05) is 18.7 Å².